The quantitative estimate of drug-likeness (QED) is 0.313. The van der Waals surface area contributed by atoms with Crippen molar-refractivity contribution in [2.24, 2.45) is 0 Å². The highest BCUT2D eigenvalue weighted by atomic mass is 79.9. The molecule has 1 aliphatic rings. The zero-order chi connectivity index (χ0) is 25.9. The first-order valence-corrected chi connectivity index (χ1v) is 12.5. The van der Waals surface area contributed by atoms with Crippen molar-refractivity contribution in [3.63, 3.8) is 0 Å². The second-order valence-corrected chi connectivity index (χ2v) is 9.72. The molecule has 0 bridgehead atoms. The molecule has 4 aromatic rings. The van der Waals surface area contributed by atoms with Crippen molar-refractivity contribution in [1.82, 2.24) is 19.8 Å². The summed E-state index contributed by atoms with van der Waals surface area (Å²) in [6, 6.07) is 15.0. The van der Waals surface area contributed by atoms with Gasteiger partial charge in [-0.25, -0.2) is 14.2 Å². The van der Waals surface area contributed by atoms with E-state index in [1.54, 1.807) is 16.7 Å². The molecule has 0 radical (unpaired) electrons. The smallest absolute Gasteiger partial charge is 0.326 e. The number of carbonyl (C=O) groups is 1. The number of nitriles is 1. The number of halogens is 3. The van der Waals surface area contributed by atoms with Crippen molar-refractivity contribution in [3.05, 3.63) is 105 Å². The van der Waals surface area contributed by atoms with Crippen molar-refractivity contribution < 1.29 is 13.6 Å². The van der Waals surface area contributed by atoms with Crippen molar-refractivity contribution in [2.45, 2.75) is 19.5 Å². The van der Waals surface area contributed by atoms with Gasteiger partial charge in [0.05, 0.1) is 11.1 Å². The van der Waals surface area contributed by atoms with Crippen molar-refractivity contribution in [2.75, 3.05) is 13.1 Å². The number of fused-ring (bicyclic) bond motifs is 3. The Labute approximate surface area is 221 Å². The van der Waals surface area contributed by atoms with Gasteiger partial charge in [0.25, 0.3) is 0 Å². The van der Waals surface area contributed by atoms with Crippen LogP contribution in [0.4, 0.5) is 13.6 Å². The van der Waals surface area contributed by atoms with E-state index >= 15 is 0 Å². The second kappa shape index (κ2) is 10.6. The summed E-state index contributed by atoms with van der Waals surface area (Å²) in [5.41, 5.74) is 4.22. The third kappa shape index (κ3) is 5.31. The topological polar surface area (TPSA) is 74.0 Å². The average Bonchev–Trinajstić information content (AvgIpc) is 3.20. The monoisotopic (exact) mass is 561 g/mol. The Morgan fingerprint density at radius 2 is 2.05 bits per heavy atom. The van der Waals surface area contributed by atoms with Gasteiger partial charge in [0, 0.05) is 54.3 Å². The molecule has 2 aromatic heterocycles. The number of nitrogens with zero attached hydrogens (tertiary/aromatic N) is 4. The minimum absolute atomic E-state index is 0.0284. The van der Waals surface area contributed by atoms with Crippen LogP contribution in [0.25, 0.3) is 17.0 Å². The number of amides is 1. The van der Waals surface area contributed by atoms with E-state index in [0.717, 1.165) is 33.2 Å². The van der Waals surface area contributed by atoms with Crippen molar-refractivity contribution in [1.29, 1.82) is 5.26 Å². The highest BCUT2D eigenvalue weighted by Gasteiger charge is 2.26. The van der Waals surface area contributed by atoms with Gasteiger partial charge in [-0.15, -0.1) is 0 Å². The minimum Gasteiger partial charge on any atom is -0.333 e. The van der Waals surface area contributed by atoms with Gasteiger partial charge >= 0.3 is 6.03 Å². The van der Waals surface area contributed by atoms with E-state index < -0.39 is 11.8 Å². The molecule has 6 nitrogen and oxygen atoms in total. The largest absolute Gasteiger partial charge is 0.333 e. The average molecular weight is 562 g/mol. The lowest BCUT2D eigenvalue weighted by Crippen LogP contribution is -2.34. The van der Waals surface area contributed by atoms with Gasteiger partial charge in [-0.05, 0) is 53.1 Å². The summed E-state index contributed by atoms with van der Waals surface area (Å²) < 4.78 is 29.9. The Balaban J connectivity index is 1.35. The SMILES string of the molecule is N#Cc1ccc(C=CCN2CCc3c(c4ccc(Br)cc4n3C(=O)NCc3ccnc(F)c3)C2)cc1F. The molecule has 186 valence electrons. The van der Waals surface area contributed by atoms with Gasteiger partial charge in [0.2, 0.25) is 5.95 Å². The maximum absolute atomic E-state index is 13.9. The van der Waals surface area contributed by atoms with E-state index in [1.807, 2.05) is 36.4 Å². The zero-order valence-electron chi connectivity index (χ0n) is 19.7. The van der Waals surface area contributed by atoms with Gasteiger partial charge in [0.1, 0.15) is 11.9 Å². The Hall–Kier alpha value is -3.87. The molecule has 0 spiro atoms. The predicted octanol–water partition coefficient (Wildman–Crippen LogP) is 5.78. The summed E-state index contributed by atoms with van der Waals surface area (Å²) in [5, 5.41) is 12.8. The van der Waals surface area contributed by atoms with Crippen LogP contribution in [0.5, 0.6) is 0 Å². The number of hydrogen-bond donors (Lipinski definition) is 1. The molecular weight excluding hydrogens is 540 g/mol. The van der Waals surface area contributed by atoms with Crippen LogP contribution in [0.15, 0.2) is 65.3 Å². The fraction of sp³-hybridized carbons (Fsp3) is 0.179. The van der Waals surface area contributed by atoms with E-state index in [4.69, 9.17) is 5.26 Å². The molecule has 0 atom stereocenters. The lowest BCUT2D eigenvalue weighted by molar-refractivity contribution is 0.240. The molecule has 2 aromatic carbocycles. The number of carbonyl (C=O) groups excluding carboxylic acids is 1. The molecule has 9 heteroatoms. The molecule has 1 N–H and O–H groups in total. The first kappa shape index (κ1) is 24.8. The molecule has 1 amide bonds. The summed E-state index contributed by atoms with van der Waals surface area (Å²) in [4.78, 5) is 19.1. The molecule has 0 fully saturated rings. The Morgan fingerprint density at radius 3 is 2.84 bits per heavy atom. The maximum atomic E-state index is 13.9. The van der Waals surface area contributed by atoms with Crippen LogP contribution in [0.2, 0.25) is 0 Å². The molecule has 1 aliphatic heterocycles. The second-order valence-electron chi connectivity index (χ2n) is 8.81. The first-order valence-electron chi connectivity index (χ1n) is 11.7. The number of rotatable bonds is 5. The maximum Gasteiger partial charge on any atom is 0.326 e. The normalized spacial score (nSPS) is 13.6. The van der Waals surface area contributed by atoms with E-state index in [0.29, 0.717) is 30.6 Å². The molecule has 5 rings (SSSR count). The number of aromatic nitrogens is 2. The van der Waals surface area contributed by atoms with Crippen LogP contribution in [0.3, 0.4) is 0 Å². The van der Waals surface area contributed by atoms with Gasteiger partial charge in [0.15, 0.2) is 0 Å². The van der Waals surface area contributed by atoms with Crippen molar-refractivity contribution in [3.8, 4) is 6.07 Å². The van der Waals surface area contributed by atoms with Crippen molar-refractivity contribution >= 4 is 38.9 Å². The third-order valence-corrected chi connectivity index (χ3v) is 6.91. The first-order chi connectivity index (χ1) is 17.9. The van der Waals surface area contributed by atoms with Crippen LogP contribution < -0.4 is 5.32 Å². The van der Waals surface area contributed by atoms with Gasteiger partial charge < -0.3 is 5.32 Å². The molecule has 0 unspecified atom stereocenters. The molecular formula is C28H22BrF2N5O. The number of benzene rings is 2. The van der Waals surface area contributed by atoms with E-state index in [2.05, 4.69) is 31.1 Å². The molecule has 3 heterocycles. The molecule has 0 saturated heterocycles. The van der Waals surface area contributed by atoms with Crippen LogP contribution >= 0.6 is 15.9 Å². The molecule has 0 aliphatic carbocycles. The number of nitrogens with one attached hydrogen (secondary N) is 1. The lowest BCUT2D eigenvalue weighted by Gasteiger charge is -2.27. The van der Waals surface area contributed by atoms with Gasteiger partial charge in [-0.3, -0.25) is 9.47 Å². The van der Waals surface area contributed by atoms with E-state index in [9.17, 15) is 13.6 Å². The summed E-state index contributed by atoms with van der Waals surface area (Å²) in [6.07, 6.45) is 5.87. The fourth-order valence-corrected chi connectivity index (χ4v) is 5.00. The Bertz CT molecular complexity index is 1570. The summed E-state index contributed by atoms with van der Waals surface area (Å²) in [6.45, 7) is 2.26. The van der Waals surface area contributed by atoms with E-state index in [1.165, 1.54) is 24.4 Å². The summed E-state index contributed by atoms with van der Waals surface area (Å²) in [7, 11) is 0. The summed E-state index contributed by atoms with van der Waals surface area (Å²) in [5.74, 6) is -1.11. The lowest BCUT2D eigenvalue weighted by atomic mass is 10.0. The highest BCUT2D eigenvalue weighted by molar-refractivity contribution is 9.10. The van der Waals surface area contributed by atoms with Crippen LogP contribution in [0.1, 0.15) is 27.9 Å². The fourth-order valence-electron chi connectivity index (χ4n) is 4.65. The van der Waals surface area contributed by atoms with Crippen LogP contribution in [-0.2, 0) is 19.5 Å². The zero-order valence-corrected chi connectivity index (χ0v) is 21.3. The standard InChI is InChI=1S/C28H22BrF2N5O/c29-21-5-6-22-23-17-35(10-1-2-18-3-4-20(15-32)24(30)12-18)11-8-25(23)36(26(22)14-21)28(37)34-16-19-7-9-33-27(31)13-19/h1-7,9,12-14H,8,10-11,16-17H2,(H,34,37). The Morgan fingerprint density at radius 1 is 1.19 bits per heavy atom. The summed E-state index contributed by atoms with van der Waals surface area (Å²) >= 11 is 3.52. The highest BCUT2D eigenvalue weighted by Crippen LogP contribution is 2.32. The predicted molar refractivity (Wildman–Crippen MR) is 141 cm³/mol. The van der Waals surface area contributed by atoms with Crippen LogP contribution in [-0.4, -0.2) is 33.6 Å². The van der Waals surface area contributed by atoms with Gasteiger partial charge in [-0.2, -0.15) is 9.65 Å². The van der Waals surface area contributed by atoms with E-state index in [-0.39, 0.29) is 18.1 Å². The number of hydrogen-bond acceptors (Lipinski definition) is 4. The number of pyridine rings is 1. The molecule has 0 saturated carbocycles. The minimum atomic E-state index is -0.585. The molecule has 37 heavy (non-hydrogen) atoms. The van der Waals surface area contributed by atoms with Gasteiger partial charge in [-0.1, -0.05) is 40.2 Å². The van der Waals surface area contributed by atoms with Crippen LogP contribution in [0, 0.1) is 23.1 Å². The third-order valence-electron chi connectivity index (χ3n) is 6.42. The Kier molecular flexibility index (Phi) is 7.12.